The third-order valence-corrected chi connectivity index (χ3v) is 5.07. The molecule has 1 saturated heterocycles. The highest BCUT2D eigenvalue weighted by molar-refractivity contribution is 5.78. The largest absolute Gasteiger partial charge is 0.489 e. The Morgan fingerprint density at radius 3 is 2.39 bits per heavy atom. The van der Waals surface area contributed by atoms with Gasteiger partial charge in [0.15, 0.2) is 0 Å². The van der Waals surface area contributed by atoms with E-state index in [0.717, 1.165) is 37.9 Å². The first-order valence-electron chi connectivity index (χ1n) is 10.3. The summed E-state index contributed by atoms with van der Waals surface area (Å²) in [7, 11) is 0. The lowest BCUT2D eigenvalue weighted by atomic mass is 10.00. The van der Waals surface area contributed by atoms with Crippen molar-refractivity contribution in [1.82, 2.24) is 4.90 Å². The number of rotatable bonds is 8. The predicted octanol–water partition coefficient (Wildman–Crippen LogP) is 5.07. The fourth-order valence-electron chi connectivity index (χ4n) is 3.62. The molecule has 1 aliphatic rings. The van der Waals surface area contributed by atoms with Crippen LogP contribution in [0.15, 0.2) is 54.6 Å². The molecule has 1 aliphatic heterocycles. The number of hydrogen-bond acceptors (Lipinski definition) is 4. The van der Waals surface area contributed by atoms with Gasteiger partial charge >= 0.3 is 5.97 Å². The van der Waals surface area contributed by atoms with E-state index in [2.05, 4.69) is 18.7 Å². The van der Waals surface area contributed by atoms with Crippen molar-refractivity contribution in [3.8, 4) is 11.5 Å². The molecular weight excluding hydrogens is 350 g/mol. The summed E-state index contributed by atoms with van der Waals surface area (Å²) in [6, 6.07) is 17.2. The summed E-state index contributed by atoms with van der Waals surface area (Å²) >= 11 is 0. The molecule has 3 rings (SSSR count). The molecule has 1 unspecified atom stereocenters. The minimum Gasteiger partial charge on any atom is -0.489 e. The summed E-state index contributed by atoms with van der Waals surface area (Å²) in [5.41, 5.74) is 1.10. The normalized spacial score (nSPS) is 16.0. The van der Waals surface area contributed by atoms with Gasteiger partial charge in [0.25, 0.3) is 0 Å². The van der Waals surface area contributed by atoms with E-state index in [1.165, 1.54) is 6.42 Å². The van der Waals surface area contributed by atoms with Gasteiger partial charge in [0, 0.05) is 6.07 Å². The topological polar surface area (TPSA) is 38.8 Å². The van der Waals surface area contributed by atoms with E-state index in [1.807, 2.05) is 48.5 Å². The Morgan fingerprint density at radius 2 is 1.68 bits per heavy atom. The van der Waals surface area contributed by atoms with Crippen molar-refractivity contribution < 1.29 is 14.3 Å². The first-order chi connectivity index (χ1) is 13.6. The van der Waals surface area contributed by atoms with Crippen molar-refractivity contribution in [2.75, 3.05) is 13.1 Å². The van der Waals surface area contributed by atoms with Crippen LogP contribution in [-0.4, -0.2) is 30.0 Å². The second-order valence-corrected chi connectivity index (χ2v) is 7.91. The molecule has 1 fully saturated rings. The van der Waals surface area contributed by atoms with Crippen molar-refractivity contribution in [2.45, 2.75) is 52.2 Å². The average molecular weight is 382 g/mol. The molecule has 1 heterocycles. The van der Waals surface area contributed by atoms with Gasteiger partial charge in [-0.15, -0.1) is 0 Å². The van der Waals surface area contributed by atoms with Gasteiger partial charge in [-0.25, -0.2) is 4.79 Å². The molecule has 0 aromatic heterocycles. The molecule has 0 bridgehead atoms. The van der Waals surface area contributed by atoms with Crippen LogP contribution in [0, 0.1) is 5.92 Å². The van der Waals surface area contributed by atoms with Gasteiger partial charge in [-0.1, -0.05) is 56.7 Å². The number of nitrogens with zero attached hydrogens (tertiary/aromatic N) is 1. The Hall–Kier alpha value is -2.33. The first-order valence-corrected chi connectivity index (χ1v) is 10.3. The smallest absolute Gasteiger partial charge is 0.328 e. The van der Waals surface area contributed by atoms with Gasteiger partial charge in [0.05, 0.1) is 0 Å². The highest BCUT2D eigenvalue weighted by Gasteiger charge is 2.29. The minimum absolute atomic E-state index is 0.157. The van der Waals surface area contributed by atoms with Gasteiger partial charge in [-0.2, -0.15) is 0 Å². The van der Waals surface area contributed by atoms with E-state index in [1.54, 1.807) is 6.07 Å². The third kappa shape index (κ3) is 6.10. The molecule has 28 heavy (non-hydrogen) atoms. The Morgan fingerprint density at radius 1 is 0.964 bits per heavy atom. The lowest BCUT2D eigenvalue weighted by molar-refractivity contribution is -0.141. The van der Waals surface area contributed by atoms with Crippen molar-refractivity contribution in [2.24, 2.45) is 5.92 Å². The number of benzene rings is 2. The lowest BCUT2D eigenvalue weighted by Gasteiger charge is -2.33. The van der Waals surface area contributed by atoms with Gasteiger partial charge in [0.2, 0.25) is 0 Å². The number of carbonyl (C=O) groups is 1. The molecule has 4 heteroatoms. The number of ether oxygens (including phenoxy) is 2. The second kappa shape index (κ2) is 10.3. The van der Waals surface area contributed by atoms with E-state index in [-0.39, 0.29) is 12.0 Å². The molecule has 0 saturated carbocycles. The van der Waals surface area contributed by atoms with E-state index >= 15 is 0 Å². The van der Waals surface area contributed by atoms with E-state index in [9.17, 15) is 4.79 Å². The van der Waals surface area contributed by atoms with Gasteiger partial charge in [0.1, 0.15) is 24.1 Å². The molecule has 2 aromatic rings. The zero-order valence-electron chi connectivity index (χ0n) is 17.0. The molecule has 0 amide bonds. The van der Waals surface area contributed by atoms with Crippen LogP contribution >= 0.6 is 0 Å². The first kappa shape index (κ1) is 20.4. The van der Waals surface area contributed by atoms with E-state index in [4.69, 9.17) is 9.47 Å². The van der Waals surface area contributed by atoms with Crippen LogP contribution in [-0.2, 0) is 11.4 Å². The van der Waals surface area contributed by atoms with Crippen molar-refractivity contribution in [3.63, 3.8) is 0 Å². The van der Waals surface area contributed by atoms with Gasteiger partial charge < -0.3 is 9.47 Å². The number of esters is 1. The molecule has 4 nitrogen and oxygen atoms in total. The number of piperidine rings is 1. The molecule has 0 radical (unpaired) electrons. The monoisotopic (exact) mass is 381 g/mol. The number of hydrogen-bond donors (Lipinski definition) is 0. The van der Waals surface area contributed by atoms with Gasteiger partial charge in [-0.3, -0.25) is 4.90 Å². The number of likely N-dealkylation sites (tertiary alicyclic amines) is 1. The standard InChI is InChI=1S/C24H31NO3/c1-19(2)16-23(25-14-7-4-8-15-25)24(26)28-22-13-9-12-21(17-22)27-18-20-10-5-3-6-11-20/h3,5-6,9-13,17,19,23H,4,7-8,14-16,18H2,1-2H3. The maximum absolute atomic E-state index is 12.9. The molecular formula is C24H31NO3. The SMILES string of the molecule is CC(C)CC(C(=O)Oc1cccc(OCc2ccccc2)c1)N1CCCCC1. The Balaban J connectivity index is 1.62. The lowest BCUT2D eigenvalue weighted by Crippen LogP contribution is -2.46. The minimum atomic E-state index is -0.172. The number of carbonyl (C=O) groups excluding carboxylic acids is 1. The third-order valence-electron chi connectivity index (χ3n) is 5.07. The summed E-state index contributed by atoms with van der Waals surface area (Å²) in [6.45, 7) is 6.76. The van der Waals surface area contributed by atoms with Crippen LogP contribution in [0.25, 0.3) is 0 Å². The van der Waals surface area contributed by atoms with Crippen molar-refractivity contribution in [1.29, 1.82) is 0 Å². The summed E-state index contributed by atoms with van der Waals surface area (Å²) in [4.78, 5) is 15.2. The van der Waals surface area contributed by atoms with Crippen LogP contribution in [0.3, 0.4) is 0 Å². The Bertz CT molecular complexity index is 739. The summed E-state index contributed by atoms with van der Waals surface area (Å²) in [5, 5.41) is 0. The molecule has 0 aliphatic carbocycles. The van der Waals surface area contributed by atoms with Gasteiger partial charge in [-0.05, 0) is 56.0 Å². The Kier molecular flexibility index (Phi) is 7.49. The molecule has 0 spiro atoms. The molecule has 2 aromatic carbocycles. The Labute approximate surface area is 168 Å². The van der Waals surface area contributed by atoms with Crippen LogP contribution in [0.4, 0.5) is 0 Å². The fourth-order valence-corrected chi connectivity index (χ4v) is 3.62. The quantitative estimate of drug-likeness (QED) is 0.473. The maximum Gasteiger partial charge on any atom is 0.328 e. The van der Waals surface area contributed by atoms with Crippen LogP contribution in [0.5, 0.6) is 11.5 Å². The fraction of sp³-hybridized carbons (Fsp3) is 0.458. The predicted molar refractivity (Wildman–Crippen MR) is 112 cm³/mol. The molecule has 0 N–H and O–H groups in total. The van der Waals surface area contributed by atoms with Crippen molar-refractivity contribution in [3.05, 3.63) is 60.2 Å². The van der Waals surface area contributed by atoms with Crippen LogP contribution in [0.1, 0.15) is 45.1 Å². The molecule has 150 valence electrons. The van der Waals surface area contributed by atoms with E-state index in [0.29, 0.717) is 24.0 Å². The highest BCUT2D eigenvalue weighted by atomic mass is 16.5. The zero-order chi connectivity index (χ0) is 19.8. The summed E-state index contributed by atoms with van der Waals surface area (Å²) < 4.78 is 11.6. The molecule has 1 atom stereocenters. The van der Waals surface area contributed by atoms with Crippen LogP contribution in [0.2, 0.25) is 0 Å². The van der Waals surface area contributed by atoms with Crippen LogP contribution < -0.4 is 9.47 Å². The second-order valence-electron chi connectivity index (χ2n) is 7.91. The summed E-state index contributed by atoms with van der Waals surface area (Å²) in [5.74, 6) is 1.53. The highest BCUT2D eigenvalue weighted by Crippen LogP contribution is 2.23. The zero-order valence-corrected chi connectivity index (χ0v) is 17.0. The van der Waals surface area contributed by atoms with Crippen molar-refractivity contribution >= 4 is 5.97 Å². The maximum atomic E-state index is 12.9. The summed E-state index contributed by atoms with van der Waals surface area (Å²) in [6.07, 6.45) is 4.39. The average Bonchev–Trinajstić information content (AvgIpc) is 2.72. The van der Waals surface area contributed by atoms with E-state index < -0.39 is 0 Å².